The first-order valence-corrected chi connectivity index (χ1v) is 13.1. The molecule has 1 saturated heterocycles. The Balaban J connectivity index is 1.60. The smallest absolute Gasteiger partial charge is 0.266 e. The maximum atomic E-state index is 13.3. The second-order valence-electron chi connectivity index (χ2n) is 8.74. The van der Waals surface area contributed by atoms with E-state index >= 15 is 0 Å². The van der Waals surface area contributed by atoms with E-state index < -0.39 is 0 Å². The van der Waals surface area contributed by atoms with Crippen LogP contribution < -0.4 is 9.47 Å². The molecule has 0 saturated carbocycles. The van der Waals surface area contributed by atoms with E-state index in [-0.39, 0.29) is 24.2 Å². The van der Waals surface area contributed by atoms with Crippen LogP contribution in [0.3, 0.4) is 0 Å². The SMILES string of the molecule is COc1cc(/C=C2\SC(=Nc3ccc(Cl)cc3)N(CC(C)C)C2=O)cc(Cl)c1OCc1ccc(F)cc1. The Morgan fingerprint density at radius 3 is 2.43 bits per heavy atom. The van der Waals surface area contributed by atoms with Crippen molar-refractivity contribution in [2.75, 3.05) is 13.7 Å². The molecular formula is C28H25Cl2FN2O3S. The zero-order valence-corrected chi connectivity index (χ0v) is 22.8. The van der Waals surface area contributed by atoms with Crippen molar-refractivity contribution in [3.05, 3.63) is 92.6 Å². The van der Waals surface area contributed by atoms with Crippen LogP contribution in [0, 0.1) is 11.7 Å². The van der Waals surface area contributed by atoms with E-state index in [1.807, 2.05) is 12.1 Å². The van der Waals surface area contributed by atoms with Gasteiger partial charge < -0.3 is 9.47 Å². The second-order valence-corrected chi connectivity index (χ2v) is 10.6. The predicted molar refractivity (Wildman–Crippen MR) is 149 cm³/mol. The third-order valence-corrected chi connectivity index (χ3v) is 6.87. The quantitative estimate of drug-likeness (QED) is 0.263. The standard InChI is InChI=1S/C28H25Cl2FN2O3S/c1-17(2)15-33-27(34)25(37-28(33)32-22-10-6-20(29)7-11-22)14-19-12-23(30)26(24(13-19)35-3)36-16-18-4-8-21(31)9-5-18/h4-14,17H,15-16H2,1-3H3/b25-14-,32-28?. The van der Waals surface area contributed by atoms with E-state index in [4.69, 9.17) is 37.7 Å². The molecular weight excluding hydrogens is 534 g/mol. The molecule has 4 rings (SSSR count). The number of methoxy groups -OCH3 is 1. The molecule has 9 heteroatoms. The van der Waals surface area contributed by atoms with Gasteiger partial charge in [-0.15, -0.1) is 0 Å². The highest BCUT2D eigenvalue weighted by molar-refractivity contribution is 8.18. The number of aliphatic imine (C=N–C) groups is 1. The van der Waals surface area contributed by atoms with Gasteiger partial charge in [0.2, 0.25) is 0 Å². The molecule has 3 aromatic rings. The molecule has 1 aliphatic heterocycles. The molecule has 3 aromatic carbocycles. The lowest BCUT2D eigenvalue weighted by molar-refractivity contribution is -0.122. The number of halogens is 3. The third kappa shape index (κ3) is 6.86. The van der Waals surface area contributed by atoms with Crippen LogP contribution in [-0.4, -0.2) is 29.6 Å². The van der Waals surface area contributed by atoms with Crippen molar-refractivity contribution in [2.45, 2.75) is 20.5 Å². The van der Waals surface area contributed by atoms with Gasteiger partial charge in [0.1, 0.15) is 12.4 Å². The van der Waals surface area contributed by atoms with Gasteiger partial charge in [-0.3, -0.25) is 9.69 Å². The molecule has 37 heavy (non-hydrogen) atoms. The molecule has 0 unspecified atom stereocenters. The number of ether oxygens (including phenoxy) is 2. The Hall–Kier alpha value is -3.00. The number of benzene rings is 3. The van der Waals surface area contributed by atoms with Crippen molar-refractivity contribution < 1.29 is 18.7 Å². The Bertz CT molecular complexity index is 1340. The minimum absolute atomic E-state index is 0.127. The van der Waals surface area contributed by atoms with Gasteiger partial charge in [0.05, 0.1) is 22.7 Å². The molecule has 0 aromatic heterocycles. The zero-order chi connectivity index (χ0) is 26.5. The Morgan fingerprint density at radius 2 is 1.78 bits per heavy atom. The number of amides is 1. The molecule has 1 amide bonds. The van der Waals surface area contributed by atoms with E-state index in [9.17, 15) is 9.18 Å². The summed E-state index contributed by atoms with van der Waals surface area (Å²) < 4.78 is 24.6. The molecule has 192 valence electrons. The minimum Gasteiger partial charge on any atom is -0.493 e. The summed E-state index contributed by atoms with van der Waals surface area (Å²) >= 11 is 13.8. The largest absolute Gasteiger partial charge is 0.493 e. The van der Waals surface area contributed by atoms with E-state index in [0.717, 1.165) is 5.56 Å². The first-order valence-electron chi connectivity index (χ1n) is 11.5. The van der Waals surface area contributed by atoms with E-state index in [1.54, 1.807) is 47.4 Å². The first-order chi connectivity index (χ1) is 17.7. The molecule has 0 atom stereocenters. The van der Waals surface area contributed by atoms with Gasteiger partial charge in [-0.05, 0) is 83.4 Å². The summed E-state index contributed by atoms with van der Waals surface area (Å²) in [7, 11) is 1.52. The lowest BCUT2D eigenvalue weighted by atomic mass is 10.1. The molecule has 0 bridgehead atoms. The zero-order valence-electron chi connectivity index (χ0n) is 20.5. The highest BCUT2D eigenvalue weighted by atomic mass is 35.5. The summed E-state index contributed by atoms with van der Waals surface area (Å²) in [5.74, 6) is 0.604. The summed E-state index contributed by atoms with van der Waals surface area (Å²) in [6, 6.07) is 16.6. The minimum atomic E-state index is -0.315. The van der Waals surface area contributed by atoms with Crippen molar-refractivity contribution in [1.29, 1.82) is 0 Å². The normalized spacial score (nSPS) is 15.8. The molecule has 0 N–H and O–H groups in total. The Morgan fingerprint density at radius 1 is 1.08 bits per heavy atom. The van der Waals surface area contributed by atoms with Crippen LogP contribution in [-0.2, 0) is 11.4 Å². The second kappa shape index (κ2) is 12.0. The van der Waals surface area contributed by atoms with Gasteiger partial charge in [-0.1, -0.05) is 49.2 Å². The molecule has 5 nitrogen and oxygen atoms in total. The van der Waals surface area contributed by atoms with Crippen molar-refractivity contribution in [2.24, 2.45) is 10.9 Å². The molecule has 0 spiro atoms. The summed E-state index contributed by atoms with van der Waals surface area (Å²) in [6.07, 6.45) is 1.77. The summed E-state index contributed by atoms with van der Waals surface area (Å²) in [5, 5.41) is 1.55. The van der Waals surface area contributed by atoms with E-state index in [0.29, 0.717) is 49.4 Å². The number of rotatable bonds is 8. The van der Waals surface area contributed by atoms with Gasteiger partial charge in [-0.25, -0.2) is 9.38 Å². The number of amidine groups is 1. The predicted octanol–water partition coefficient (Wildman–Crippen LogP) is 7.98. The lowest BCUT2D eigenvalue weighted by Gasteiger charge is -2.17. The molecule has 1 aliphatic rings. The van der Waals surface area contributed by atoms with E-state index in [1.165, 1.54) is 31.0 Å². The third-order valence-electron chi connectivity index (χ3n) is 5.33. The van der Waals surface area contributed by atoms with Crippen molar-refractivity contribution >= 4 is 57.8 Å². The maximum Gasteiger partial charge on any atom is 0.266 e. The fraction of sp³-hybridized carbons (Fsp3) is 0.214. The molecule has 1 fully saturated rings. The lowest BCUT2D eigenvalue weighted by Crippen LogP contribution is -2.32. The molecule has 0 radical (unpaired) electrons. The molecule has 0 aliphatic carbocycles. The van der Waals surface area contributed by atoms with Crippen molar-refractivity contribution in [1.82, 2.24) is 4.90 Å². The van der Waals surface area contributed by atoms with Crippen molar-refractivity contribution in [3.8, 4) is 11.5 Å². The van der Waals surface area contributed by atoms with Gasteiger partial charge in [0.15, 0.2) is 16.7 Å². The van der Waals surface area contributed by atoms with Gasteiger partial charge in [0, 0.05) is 11.6 Å². The van der Waals surface area contributed by atoms with Crippen LogP contribution >= 0.6 is 35.0 Å². The Labute approximate surface area is 229 Å². The maximum absolute atomic E-state index is 13.3. The number of hydrogen-bond donors (Lipinski definition) is 0. The van der Waals surface area contributed by atoms with Crippen LogP contribution in [0.25, 0.3) is 6.08 Å². The van der Waals surface area contributed by atoms with Crippen LogP contribution in [0.4, 0.5) is 10.1 Å². The monoisotopic (exact) mass is 558 g/mol. The van der Waals surface area contributed by atoms with Crippen molar-refractivity contribution in [3.63, 3.8) is 0 Å². The van der Waals surface area contributed by atoms with Crippen LogP contribution in [0.5, 0.6) is 11.5 Å². The first kappa shape index (κ1) is 27.0. The number of hydrogen-bond acceptors (Lipinski definition) is 5. The molecule has 1 heterocycles. The summed E-state index contributed by atoms with van der Waals surface area (Å²) in [5.41, 5.74) is 2.18. The van der Waals surface area contributed by atoms with Gasteiger partial charge >= 0.3 is 0 Å². The van der Waals surface area contributed by atoms with Crippen LogP contribution in [0.2, 0.25) is 10.0 Å². The van der Waals surface area contributed by atoms with Crippen LogP contribution in [0.15, 0.2) is 70.6 Å². The summed E-state index contributed by atoms with van der Waals surface area (Å²) in [4.78, 5) is 20.2. The van der Waals surface area contributed by atoms with Crippen LogP contribution in [0.1, 0.15) is 25.0 Å². The number of nitrogens with zero attached hydrogens (tertiary/aromatic N) is 2. The van der Waals surface area contributed by atoms with Gasteiger partial charge in [0.25, 0.3) is 5.91 Å². The van der Waals surface area contributed by atoms with E-state index in [2.05, 4.69) is 13.8 Å². The highest BCUT2D eigenvalue weighted by Crippen LogP contribution is 2.40. The average Bonchev–Trinajstić information content (AvgIpc) is 3.13. The summed E-state index contributed by atoms with van der Waals surface area (Å²) in [6.45, 7) is 4.83. The number of carbonyl (C=O) groups is 1. The highest BCUT2D eigenvalue weighted by Gasteiger charge is 2.34. The average molecular weight is 559 g/mol. The van der Waals surface area contributed by atoms with Gasteiger partial charge in [-0.2, -0.15) is 0 Å². The topological polar surface area (TPSA) is 51.1 Å². The number of thioether (sulfide) groups is 1. The fourth-order valence-electron chi connectivity index (χ4n) is 3.59. The number of carbonyl (C=O) groups excluding carboxylic acids is 1. The fourth-order valence-corrected chi connectivity index (χ4v) is 5.00. The Kier molecular flexibility index (Phi) is 8.79.